The Morgan fingerprint density at radius 1 is 1.45 bits per heavy atom. The monoisotopic (exact) mass is 295 g/mol. The van der Waals surface area contributed by atoms with Crippen molar-refractivity contribution in [3.63, 3.8) is 0 Å². The van der Waals surface area contributed by atoms with Crippen LogP contribution in [0.5, 0.6) is 0 Å². The number of rotatable bonds is 6. The van der Waals surface area contributed by atoms with E-state index in [9.17, 15) is 18.5 Å². The molecule has 0 spiro atoms. The van der Waals surface area contributed by atoms with Crippen LogP contribution in [0.4, 0.5) is 5.69 Å². The summed E-state index contributed by atoms with van der Waals surface area (Å²) in [4.78, 5) is 9.99. The molecule has 0 radical (unpaired) electrons. The van der Waals surface area contributed by atoms with E-state index in [2.05, 4.69) is 0 Å². The van der Waals surface area contributed by atoms with Gasteiger partial charge in [-0.25, -0.2) is 8.42 Å². The Labute approximate surface area is 116 Å². The normalized spacial score (nSPS) is 15.0. The minimum atomic E-state index is -3.79. The lowest BCUT2D eigenvalue weighted by molar-refractivity contribution is -0.385. The molecule has 2 rings (SSSR count). The van der Waals surface area contributed by atoms with Crippen LogP contribution < -0.4 is 0 Å². The van der Waals surface area contributed by atoms with E-state index in [1.54, 1.807) is 0 Å². The number of hydrogen-bond acceptors (Lipinski definition) is 5. The van der Waals surface area contributed by atoms with Gasteiger partial charge in [0.15, 0.2) is 0 Å². The first-order valence-corrected chi connectivity index (χ1v) is 7.54. The Morgan fingerprint density at radius 2 is 2.15 bits per heavy atom. The Balaban J connectivity index is 2.35. The van der Waals surface area contributed by atoms with Crippen molar-refractivity contribution in [2.24, 2.45) is 0 Å². The fourth-order valence-corrected chi connectivity index (χ4v) is 3.64. The average molecular weight is 295 g/mol. The highest BCUT2D eigenvalue weighted by Gasteiger charge is 2.38. The summed E-state index contributed by atoms with van der Waals surface area (Å²) < 4.78 is 26.2. The van der Waals surface area contributed by atoms with E-state index in [-0.39, 0.29) is 29.6 Å². The summed E-state index contributed by atoms with van der Waals surface area (Å²) in [5, 5.41) is 19.3. The van der Waals surface area contributed by atoms with Gasteiger partial charge in [-0.15, -0.1) is 0 Å². The number of hydrogen-bond donors (Lipinski definition) is 0. The van der Waals surface area contributed by atoms with Gasteiger partial charge in [-0.3, -0.25) is 10.1 Å². The van der Waals surface area contributed by atoms with Gasteiger partial charge < -0.3 is 0 Å². The van der Waals surface area contributed by atoms with Crippen LogP contribution in [0.1, 0.15) is 19.3 Å². The largest absolute Gasteiger partial charge is 0.270 e. The van der Waals surface area contributed by atoms with E-state index < -0.39 is 14.9 Å². The van der Waals surface area contributed by atoms with Gasteiger partial charge in [0.05, 0.1) is 15.9 Å². The molecule has 0 atom stereocenters. The van der Waals surface area contributed by atoms with Gasteiger partial charge in [-0.2, -0.15) is 9.57 Å². The molecule has 1 aromatic carbocycles. The number of nitriles is 1. The summed E-state index contributed by atoms with van der Waals surface area (Å²) >= 11 is 0. The average Bonchev–Trinajstić information content (AvgIpc) is 3.23. The zero-order valence-corrected chi connectivity index (χ0v) is 11.4. The highest BCUT2D eigenvalue weighted by Crippen LogP contribution is 2.32. The molecule has 0 saturated heterocycles. The predicted molar refractivity (Wildman–Crippen MR) is 70.2 cm³/mol. The lowest BCUT2D eigenvalue weighted by atomic mass is 10.3. The molecule has 106 valence electrons. The number of nitro benzene ring substituents is 1. The Kier molecular flexibility index (Phi) is 4.01. The van der Waals surface area contributed by atoms with E-state index in [0.717, 1.165) is 18.9 Å². The summed E-state index contributed by atoms with van der Waals surface area (Å²) in [6.45, 7) is 0.117. The van der Waals surface area contributed by atoms with Crippen LogP contribution in [0.15, 0.2) is 29.2 Å². The van der Waals surface area contributed by atoms with E-state index in [4.69, 9.17) is 5.26 Å². The van der Waals surface area contributed by atoms with E-state index >= 15 is 0 Å². The molecule has 1 aromatic rings. The predicted octanol–water partition coefficient (Wildman–Crippen LogP) is 1.66. The van der Waals surface area contributed by atoms with E-state index in [0.29, 0.717) is 0 Å². The van der Waals surface area contributed by atoms with Gasteiger partial charge in [-0.05, 0) is 18.9 Å². The molecule has 0 aliphatic heterocycles. The fourth-order valence-electron chi connectivity index (χ4n) is 1.91. The van der Waals surface area contributed by atoms with Crippen LogP contribution in [0.2, 0.25) is 0 Å². The van der Waals surface area contributed by atoms with E-state index in [1.165, 1.54) is 22.5 Å². The third kappa shape index (κ3) is 2.95. The second-order valence-corrected chi connectivity index (χ2v) is 6.40. The number of benzene rings is 1. The zero-order valence-electron chi connectivity index (χ0n) is 10.6. The van der Waals surface area contributed by atoms with Gasteiger partial charge in [0.25, 0.3) is 5.69 Å². The summed E-state index contributed by atoms with van der Waals surface area (Å²) in [5.74, 6) is 0. The third-order valence-corrected chi connectivity index (χ3v) is 4.98. The number of nitrogens with zero attached hydrogens (tertiary/aromatic N) is 3. The second-order valence-electron chi connectivity index (χ2n) is 4.51. The molecular formula is C12H13N3O4S. The Bertz CT molecular complexity index is 662. The third-order valence-electron chi connectivity index (χ3n) is 3.03. The quantitative estimate of drug-likeness (QED) is 0.586. The maximum atomic E-state index is 12.5. The topological polar surface area (TPSA) is 104 Å². The highest BCUT2D eigenvalue weighted by molar-refractivity contribution is 7.89. The van der Waals surface area contributed by atoms with Crippen LogP contribution in [-0.4, -0.2) is 30.2 Å². The van der Waals surface area contributed by atoms with Crippen molar-refractivity contribution in [1.29, 1.82) is 5.26 Å². The molecule has 20 heavy (non-hydrogen) atoms. The zero-order chi connectivity index (χ0) is 14.8. The van der Waals surface area contributed by atoms with Crippen LogP contribution in [0.3, 0.4) is 0 Å². The first-order valence-electron chi connectivity index (χ1n) is 6.10. The minimum absolute atomic E-state index is 0.0902. The van der Waals surface area contributed by atoms with Crippen LogP contribution in [-0.2, 0) is 10.0 Å². The summed E-state index contributed by atoms with van der Waals surface area (Å²) in [6, 6.07) is 6.81. The van der Waals surface area contributed by atoms with Crippen molar-refractivity contribution in [1.82, 2.24) is 4.31 Å². The van der Waals surface area contributed by atoms with Crippen molar-refractivity contribution in [3.05, 3.63) is 34.4 Å². The molecule has 0 bridgehead atoms. The molecular weight excluding hydrogens is 282 g/mol. The summed E-state index contributed by atoms with van der Waals surface area (Å²) in [6.07, 6.45) is 1.63. The molecule has 1 fully saturated rings. The molecule has 1 aliphatic rings. The van der Waals surface area contributed by atoms with Crippen LogP contribution >= 0.6 is 0 Å². The molecule has 0 N–H and O–H groups in total. The van der Waals surface area contributed by atoms with Crippen molar-refractivity contribution in [2.45, 2.75) is 30.2 Å². The van der Waals surface area contributed by atoms with Gasteiger partial charge >= 0.3 is 0 Å². The van der Waals surface area contributed by atoms with Crippen molar-refractivity contribution >= 4 is 15.7 Å². The molecule has 0 heterocycles. The standard InChI is InChI=1S/C12H13N3O4S/c13-7-2-8-14(10-5-6-10)20(18,19)12-4-1-3-11(9-12)15(16)17/h1,3-4,9-10H,2,5-6,8H2. The number of non-ortho nitro benzene ring substituents is 1. The maximum Gasteiger partial charge on any atom is 0.270 e. The molecule has 1 aliphatic carbocycles. The molecule has 8 heteroatoms. The summed E-state index contributed by atoms with van der Waals surface area (Å²) in [7, 11) is -3.79. The first-order chi connectivity index (χ1) is 9.46. The minimum Gasteiger partial charge on any atom is -0.258 e. The van der Waals surface area contributed by atoms with Gasteiger partial charge in [-0.1, -0.05) is 6.07 Å². The van der Waals surface area contributed by atoms with E-state index in [1.807, 2.05) is 6.07 Å². The number of sulfonamides is 1. The number of nitro groups is 1. The highest BCUT2D eigenvalue weighted by atomic mass is 32.2. The molecule has 0 amide bonds. The SMILES string of the molecule is N#CCCN(C1CC1)S(=O)(=O)c1cccc([N+](=O)[O-])c1. The molecule has 0 unspecified atom stereocenters. The van der Waals surface area contributed by atoms with Crippen molar-refractivity contribution in [3.8, 4) is 6.07 Å². The molecule has 7 nitrogen and oxygen atoms in total. The summed E-state index contributed by atoms with van der Waals surface area (Å²) in [5.41, 5.74) is -0.262. The van der Waals surface area contributed by atoms with Crippen LogP contribution in [0.25, 0.3) is 0 Å². The maximum absolute atomic E-state index is 12.5. The lowest BCUT2D eigenvalue weighted by Gasteiger charge is -2.20. The Hall–Kier alpha value is -1.98. The smallest absolute Gasteiger partial charge is 0.258 e. The lowest BCUT2D eigenvalue weighted by Crippen LogP contribution is -2.34. The molecule has 0 aromatic heterocycles. The molecule has 1 saturated carbocycles. The van der Waals surface area contributed by atoms with Gasteiger partial charge in [0, 0.05) is 31.1 Å². The Morgan fingerprint density at radius 3 is 2.70 bits per heavy atom. The van der Waals surface area contributed by atoms with Crippen LogP contribution in [0, 0.1) is 21.4 Å². The van der Waals surface area contributed by atoms with Gasteiger partial charge in [0.2, 0.25) is 10.0 Å². The van der Waals surface area contributed by atoms with Gasteiger partial charge in [0.1, 0.15) is 0 Å². The first kappa shape index (κ1) is 14.4. The van der Waals surface area contributed by atoms with Crippen molar-refractivity contribution in [2.75, 3.05) is 6.54 Å². The van der Waals surface area contributed by atoms with Crippen molar-refractivity contribution < 1.29 is 13.3 Å². The fraction of sp³-hybridized carbons (Fsp3) is 0.417. The second kappa shape index (κ2) is 5.56.